The van der Waals surface area contributed by atoms with Crippen molar-refractivity contribution in [3.8, 4) is 0 Å². The van der Waals surface area contributed by atoms with Crippen molar-refractivity contribution in [1.82, 2.24) is 15.5 Å². The number of urea groups is 1. The van der Waals surface area contributed by atoms with Crippen LogP contribution in [0.15, 0.2) is 24.3 Å². The molecule has 23 heavy (non-hydrogen) atoms. The van der Waals surface area contributed by atoms with Crippen LogP contribution in [0.5, 0.6) is 0 Å². The van der Waals surface area contributed by atoms with Gasteiger partial charge in [-0.05, 0) is 24.1 Å². The highest BCUT2D eigenvalue weighted by Crippen LogP contribution is 2.33. The van der Waals surface area contributed by atoms with E-state index in [1.54, 1.807) is 0 Å². The molecule has 0 aromatic heterocycles. The van der Waals surface area contributed by atoms with Crippen LogP contribution in [0.4, 0.5) is 18.0 Å². The summed E-state index contributed by atoms with van der Waals surface area (Å²) >= 11 is 5.66. The first-order valence-corrected chi connectivity index (χ1v) is 7.29. The van der Waals surface area contributed by atoms with Crippen molar-refractivity contribution in [2.75, 3.05) is 19.6 Å². The van der Waals surface area contributed by atoms with Gasteiger partial charge in [-0.2, -0.15) is 13.2 Å². The molecular weight excluding hydrogens is 335 g/mol. The van der Waals surface area contributed by atoms with E-state index in [1.165, 1.54) is 29.2 Å². The highest BCUT2D eigenvalue weighted by atomic mass is 35.5. The lowest BCUT2D eigenvalue weighted by Crippen LogP contribution is -2.51. The van der Waals surface area contributed by atoms with E-state index in [2.05, 4.69) is 5.32 Å². The fourth-order valence-corrected chi connectivity index (χ4v) is 2.34. The average Bonchev–Trinajstić information content (AvgIpc) is 2.47. The number of hydrogen-bond acceptors (Lipinski definition) is 2. The number of nitrogens with one attached hydrogen (secondary N) is 2. The summed E-state index contributed by atoms with van der Waals surface area (Å²) in [6.07, 6.45) is -4.02. The molecule has 126 valence electrons. The van der Waals surface area contributed by atoms with Gasteiger partial charge in [-0.25, -0.2) is 4.79 Å². The second-order valence-corrected chi connectivity index (χ2v) is 5.54. The van der Waals surface area contributed by atoms with Gasteiger partial charge >= 0.3 is 12.2 Å². The number of halogens is 4. The molecule has 9 heteroatoms. The monoisotopic (exact) mass is 349 g/mol. The second-order valence-electron chi connectivity index (χ2n) is 5.10. The Kier molecular flexibility index (Phi) is 5.35. The van der Waals surface area contributed by atoms with Crippen LogP contribution >= 0.6 is 11.6 Å². The molecule has 1 heterocycles. The van der Waals surface area contributed by atoms with Gasteiger partial charge in [-0.3, -0.25) is 4.79 Å². The maximum absolute atomic E-state index is 13.2. The number of carbonyl (C=O) groups is 2. The zero-order valence-electron chi connectivity index (χ0n) is 12.0. The van der Waals surface area contributed by atoms with Gasteiger partial charge in [0.2, 0.25) is 5.91 Å². The van der Waals surface area contributed by atoms with Crippen LogP contribution in [0.1, 0.15) is 18.0 Å². The van der Waals surface area contributed by atoms with Crippen LogP contribution in [-0.4, -0.2) is 42.6 Å². The zero-order chi connectivity index (χ0) is 17.0. The number of alkyl halides is 3. The van der Waals surface area contributed by atoms with Gasteiger partial charge in [0.25, 0.3) is 0 Å². The first kappa shape index (κ1) is 17.4. The second kappa shape index (κ2) is 7.08. The van der Waals surface area contributed by atoms with Crippen molar-refractivity contribution in [3.63, 3.8) is 0 Å². The molecule has 0 bridgehead atoms. The number of nitrogens with zero attached hydrogens (tertiary/aromatic N) is 1. The number of carbonyl (C=O) groups excluding carboxylic acids is 2. The fourth-order valence-electron chi connectivity index (χ4n) is 2.22. The van der Waals surface area contributed by atoms with E-state index in [4.69, 9.17) is 11.6 Å². The Hall–Kier alpha value is -1.96. The Morgan fingerprint density at radius 3 is 2.57 bits per heavy atom. The van der Waals surface area contributed by atoms with E-state index in [0.29, 0.717) is 24.5 Å². The van der Waals surface area contributed by atoms with Gasteiger partial charge in [-0.1, -0.05) is 23.7 Å². The SMILES string of the molecule is O=C(CN1CCCNC1=O)N[C@H](c1ccc(Cl)cc1)C(F)(F)F. The molecule has 0 radical (unpaired) electrons. The molecule has 0 spiro atoms. The van der Waals surface area contributed by atoms with Crippen molar-refractivity contribution in [1.29, 1.82) is 0 Å². The summed E-state index contributed by atoms with van der Waals surface area (Å²) in [6, 6.07) is 2.43. The number of hydrogen-bond donors (Lipinski definition) is 2. The molecule has 1 atom stereocenters. The summed E-state index contributed by atoms with van der Waals surface area (Å²) < 4.78 is 39.5. The molecule has 1 aliphatic rings. The van der Waals surface area contributed by atoms with Gasteiger partial charge in [0.15, 0.2) is 6.04 Å². The first-order valence-electron chi connectivity index (χ1n) is 6.91. The fraction of sp³-hybridized carbons (Fsp3) is 0.429. The van der Waals surface area contributed by atoms with Crippen LogP contribution in [-0.2, 0) is 4.79 Å². The number of amides is 3. The third-order valence-corrected chi connectivity index (χ3v) is 3.59. The summed E-state index contributed by atoms with van der Waals surface area (Å²) in [7, 11) is 0. The summed E-state index contributed by atoms with van der Waals surface area (Å²) in [5.74, 6) is -0.876. The smallest absolute Gasteiger partial charge is 0.339 e. The third kappa shape index (κ3) is 4.75. The lowest BCUT2D eigenvalue weighted by molar-refractivity contribution is -0.163. The van der Waals surface area contributed by atoms with Crippen molar-refractivity contribution in [2.24, 2.45) is 0 Å². The van der Waals surface area contributed by atoms with E-state index in [1.807, 2.05) is 5.32 Å². The molecule has 1 aliphatic heterocycles. The van der Waals surface area contributed by atoms with Gasteiger partial charge in [-0.15, -0.1) is 0 Å². The molecule has 1 saturated heterocycles. The summed E-state index contributed by atoms with van der Waals surface area (Å²) in [5.41, 5.74) is -0.127. The molecule has 0 saturated carbocycles. The largest absolute Gasteiger partial charge is 0.412 e. The van der Waals surface area contributed by atoms with E-state index in [9.17, 15) is 22.8 Å². The van der Waals surface area contributed by atoms with Crippen LogP contribution in [0, 0.1) is 0 Å². The Bertz CT molecular complexity index is 578. The Morgan fingerprint density at radius 1 is 1.35 bits per heavy atom. The van der Waals surface area contributed by atoms with Crippen LogP contribution < -0.4 is 10.6 Å². The summed E-state index contributed by atoms with van der Waals surface area (Å²) in [6.45, 7) is 0.399. The molecule has 1 fully saturated rings. The van der Waals surface area contributed by atoms with E-state index >= 15 is 0 Å². The number of rotatable bonds is 4. The van der Waals surface area contributed by atoms with Gasteiger partial charge in [0, 0.05) is 18.1 Å². The topological polar surface area (TPSA) is 61.4 Å². The Balaban J connectivity index is 2.07. The lowest BCUT2D eigenvalue weighted by Gasteiger charge is -2.28. The minimum absolute atomic E-state index is 0.127. The maximum Gasteiger partial charge on any atom is 0.412 e. The quantitative estimate of drug-likeness (QED) is 0.877. The average molecular weight is 350 g/mol. The van der Waals surface area contributed by atoms with E-state index in [-0.39, 0.29) is 5.56 Å². The van der Waals surface area contributed by atoms with Crippen LogP contribution in [0.2, 0.25) is 5.02 Å². The Morgan fingerprint density at radius 2 is 2.00 bits per heavy atom. The predicted molar refractivity (Wildman–Crippen MR) is 78.0 cm³/mol. The van der Waals surface area contributed by atoms with Crippen molar-refractivity contribution < 1.29 is 22.8 Å². The molecule has 5 nitrogen and oxygen atoms in total. The normalized spacial score (nSPS) is 16.7. The molecule has 3 amide bonds. The van der Waals surface area contributed by atoms with Crippen molar-refractivity contribution >= 4 is 23.5 Å². The highest BCUT2D eigenvalue weighted by molar-refractivity contribution is 6.30. The predicted octanol–water partition coefficient (Wildman–Crippen LogP) is 2.47. The molecule has 1 aromatic rings. The maximum atomic E-state index is 13.2. The molecule has 1 aromatic carbocycles. The minimum Gasteiger partial charge on any atom is -0.339 e. The van der Waals surface area contributed by atoms with Gasteiger partial charge in [0.1, 0.15) is 6.54 Å². The molecule has 2 rings (SSSR count). The lowest BCUT2D eigenvalue weighted by atomic mass is 10.1. The van der Waals surface area contributed by atoms with Gasteiger partial charge < -0.3 is 15.5 Å². The van der Waals surface area contributed by atoms with Gasteiger partial charge in [0.05, 0.1) is 0 Å². The molecule has 0 unspecified atom stereocenters. The molecular formula is C14H15ClF3N3O2. The Labute approximate surface area is 135 Å². The van der Waals surface area contributed by atoms with Crippen LogP contribution in [0.3, 0.4) is 0 Å². The highest BCUT2D eigenvalue weighted by Gasteiger charge is 2.42. The van der Waals surface area contributed by atoms with E-state index < -0.39 is 30.7 Å². The first-order chi connectivity index (χ1) is 10.8. The van der Waals surface area contributed by atoms with E-state index in [0.717, 1.165) is 0 Å². The third-order valence-electron chi connectivity index (χ3n) is 3.34. The van der Waals surface area contributed by atoms with Crippen molar-refractivity contribution in [2.45, 2.75) is 18.6 Å². The number of benzene rings is 1. The summed E-state index contributed by atoms with van der Waals surface area (Å²) in [4.78, 5) is 24.6. The molecule has 0 aliphatic carbocycles. The standard InChI is InChI=1S/C14H15ClF3N3O2/c15-10-4-2-9(3-5-10)12(14(16,17)18)20-11(22)8-21-7-1-6-19-13(21)23/h2-5,12H,1,6-8H2,(H,19,23)(H,20,22)/t12-/m1/s1. The zero-order valence-corrected chi connectivity index (χ0v) is 12.7. The molecule has 2 N–H and O–H groups in total. The minimum atomic E-state index is -4.66. The van der Waals surface area contributed by atoms with Crippen molar-refractivity contribution in [3.05, 3.63) is 34.9 Å². The summed E-state index contributed by atoms with van der Waals surface area (Å²) in [5, 5.41) is 4.76. The van der Waals surface area contributed by atoms with Crippen LogP contribution in [0.25, 0.3) is 0 Å².